The Balaban J connectivity index is 1.35. The highest BCUT2D eigenvalue weighted by molar-refractivity contribution is 7.15. The Morgan fingerprint density at radius 1 is 0.857 bits per heavy atom. The Morgan fingerprint density at radius 3 is 2.40 bits per heavy atom. The van der Waals surface area contributed by atoms with Crippen molar-refractivity contribution in [3.8, 4) is 22.7 Å². The average Bonchev–Trinajstić information content (AvgIpc) is 3.58. The Kier molecular flexibility index (Phi) is 6.41. The molecule has 0 unspecified atom stereocenters. The molecule has 3 heterocycles. The maximum atomic E-state index is 13.5. The fourth-order valence-corrected chi connectivity index (χ4v) is 5.79. The minimum atomic E-state index is -0.452. The van der Waals surface area contributed by atoms with Gasteiger partial charge >= 0.3 is 0 Å². The lowest BCUT2D eigenvalue weighted by Crippen LogP contribution is -2.28. The summed E-state index contributed by atoms with van der Waals surface area (Å²) in [7, 11) is 1.60. The minimum Gasteiger partial charge on any atom is -0.497 e. The normalized spacial score (nSPS) is 11.9. The summed E-state index contributed by atoms with van der Waals surface area (Å²) in [5.74, 6) is 0.718. The molecule has 42 heavy (non-hydrogen) atoms. The molecule has 0 N–H and O–H groups in total. The number of hydrogen-bond acceptors (Lipinski definition) is 7. The van der Waals surface area contributed by atoms with Crippen LogP contribution in [-0.2, 0) is 6.42 Å². The van der Waals surface area contributed by atoms with Crippen LogP contribution < -0.4 is 20.4 Å². The first kappa shape index (κ1) is 25.6. The van der Waals surface area contributed by atoms with Crippen LogP contribution in [-0.4, -0.2) is 31.5 Å². The van der Waals surface area contributed by atoms with Crippen LogP contribution in [0.4, 0.5) is 0 Å². The van der Waals surface area contributed by atoms with E-state index >= 15 is 0 Å². The second-order valence-electron chi connectivity index (χ2n) is 9.77. The summed E-state index contributed by atoms with van der Waals surface area (Å²) < 4.78 is 8.64. The van der Waals surface area contributed by atoms with Gasteiger partial charge < -0.3 is 4.74 Å². The number of nitrogens with zero attached hydrogens (tertiary/aromatic N) is 5. The molecule has 0 saturated heterocycles. The molecule has 7 rings (SSSR count). The molecule has 0 atom stereocenters. The van der Waals surface area contributed by atoms with Crippen molar-refractivity contribution >= 4 is 33.1 Å². The molecule has 7 aromatic rings. The molecule has 9 heteroatoms. The number of aromatic nitrogens is 5. The first-order chi connectivity index (χ1) is 20.6. The van der Waals surface area contributed by atoms with Gasteiger partial charge in [-0.3, -0.25) is 9.59 Å². The van der Waals surface area contributed by atoms with E-state index in [9.17, 15) is 9.59 Å². The van der Waals surface area contributed by atoms with E-state index in [1.807, 2.05) is 79.0 Å². The monoisotopic (exact) mass is 569 g/mol. The summed E-state index contributed by atoms with van der Waals surface area (Å²) in [6, 6.07) is 31.5. The molecule has 0 aliphatic rings. The zero-order chi connectivity index (χ0) is 28.6. The summed E-state index contributed by atoms with van der Waals surface area (Å²) in [5, 5.41) is 11.6. The molecule has 0 fully saturated rings. The third-order valence-corrected chi connectivity index (χ3v) is 8.01. The predicted molar refractivity (Wildman–Crippen MR) is 164 cm³/mol. The van der Waals surface area contributed by atoms with E-state index in [2.05, 4.69) is 34.3 Å². The van der Waals surface area contributed by atoms with Gasteiger partial charge in [0.1, 0.15) is 17.1 Å². The number of para-hydroxylation sites is 1. The number of rotatable bonds is 6. The smallest absolute Gasteiger partial charge is 0.296 e. The second-order valence-corrected chi connectivity index (χ2v) is 10.8. The molecule has 0 spiro atoms. The van der Waals surface area contributed by atoms with Crippen molar-refractivity contribution in [1.29, 1.82) is 0 Å². The zero-order valence-corrected chi connectivity index (χ0v) is 23.3. The first-order valence-corrected chi connectivity index (χ1v) is 14.1. The van der Waals surface area contributed by atoms with E-state index in [1.54, 1.807) is 17.9 Å². The summed E-state index contributed by atoms with van der Waals surface area (Å²) in [4.78, 5) is 30.8. The predicted octanol–water partition coefficient (Wildman–Crippen LogP) is 4.66. The van der Waals surface area contributed by atoms with Crippen molar-refractivity contribution in [2.45, 2.75) is 6.42 Å². The molecule has 0 saturated carbocycles. The van der Waals surface area contributed by atoms with Gasteiger partial charge in [0.25, 0.3) is 11.1 Å². The van der Waals surface area contributed by atoms with E-state index in [0.717, 1.165) is 55.9 Å². The van der Waals surface area contributed by atoms with Crippen molar-refractivity contribution < 1.29 is 4.74 Å². The van der Waals surface area contributed by atoms with Crippen molar-refractivity contribution in [2.24, 2.45) is 0 Å². The van der Waals surface area contributed by atoms with Crippen molar-refractivity contribution in [3.05, 3.63) is 145 Å². The highest BCUT2D eigenvalue weighted by Crippen LogP contribution is 2.28. The van der Waals surface area contributed by atoms with E-state index in [1.165, 1.54) is 4.52 Å². The number of fused-ring (bicyclic) bond motifs is 2. The lowest BCUT2D eigenvalue weighted by atomic mass is 10.0. The van der Waals surface area contributed by atoms with Gasteiger partial charge in [-0.25, -0.2) is 4.68 Å². The zero-order valence-electron chi connectivity index (χ0n) is 22.5. The molecule has 4 aromatic carbocycles. The van der Waals surface area contributed by atoms with Crippen LogP contribution in [0.25, 0.3) is 38.8 Å². The molecule has 8 nitrogen and oxygen atoms in total. The molecule has 0 amide bonds. The fraction of sp³-hybridized carbons (Fsp3) is 0.0606. The van der Waals surface area contributed by atoms with Gasteiger partial charge in [0.05, 0.1) is 17.3 Å². The van der Waals surface area contributed by atoms with Crippen LogP contribution in [0.2, 0.25) is 0 Å². The van der Waals surface area contributed by atoms with Gasteiger partial charge in [0.15, 0.2) is 0 Å². The van der Waals surface area contributed by atoms with E-state index < -0.39 is 5.56 Å². The largest absolute Gasteiger partial charge is 0.497 e. The molecule has 0 radical (unpaired) electrons. The van der Waals surface area contributed by atoms with Crippen LogP contribution in [0.1, 0.15) is 16.8 Å². The van der Waals surface area contributed by atoms with Crippen LogP contribution in [0.3, 0.4) is 0 Å². The number of methoxy groups -OCH3 is 1. The summed E-state index contributed by atoms with van der Waals surface area (Å²) in [6.45, 7) is 0. The molecular weight excluding hydrogens is 546 g/mol. The molecule has 0 aliphatic carbocycles. The van der Waals surface area contributed by atoms with Crippen molar-refractivity contribution in [1.82, 2.24) is 24.4 Å². The Bertz CT molecular complexity index is 2250. The SMILES string of the molecule is COc1ccc(Cc2nn3c(=O)c(=Cc4cn(-c5ccccc5)nc4-c4ccc5ccccc5c4)sc3nc2=O)cc1. The van der Waals surface area contributed by atoms with Gasteiger partial charge in [-0.05, 0) is 52.7 Å². The summed E-state index contributed by atoms with van der Waals surface area (Å²) >= 11 is 1.13. The Morgan fingerprint density at radius 2 is 1.62 bits per heavy atom. The number of thiazole rings is 1. The van der Waals surface area contributed by atoms with Gasteiger partial charge in [-0.1, -0.05) is 78.1 Å². The molecule has 204 valence electrons. The highest BCUT2D eigenvalue weighted by atomic mass is 32.1. The van der Waals surface area contributed by atoms with Gasteiger partial charge in [0, 0.05) is 23.7 Å². The molecule has 0 bridgehead atoms. The van der Waals surface area contributed by atoms with Crippen LogP contribution in [0, 0.1) is 0 Å². The quantitative estimate of drug-likeness (QED) is 0.289. The second kappa shape index (κ2) is 10.5. The molecule has 0 aliphatic heterocycles. The minimum absolute atomic E-state index is 0.202. The van der Waals surface area contributed by atoms with Crippen molar-refractivity contribution in [2.75, 3.05) is 7.11 Å². The lowest BCUT2D eigenvalue weighted by Gasteiger charge is -2.03. The Hall–Kier alpha value is -5.41. The Labute approximate surface area is 243 Å². The van der Waals surface area contributed by atoms with Crippen LogP contribution in [0.15, 0.2) is 113 Å². The van der Waals surface area contributed by atoms with Gasteiger partial charge in [-0.2, -0.15) is 19.7 Å². The number of hydrogen-bond donors (Lipinski definition) is 0. The van der Waals surface area contributed by atoms with E-state index in [4.69, 9.17) is 9.84 Å². The van der Waals surface area contributed by atoms with Gasteiger partial charge in [-0.15, -0.1) is 0 Å². The fourth-order valence-electron chi connectivity index (χ4n) is 4.90. The van der Waals surface area contributed by atoms with E-state index in [-0.39, 0.29) is 22.6 Å². The lowest BCUT2D eigenvalue weighted by molar-refractivity contribution is 0.414. The maximum absolute atomic E-state index is 13.5. The topological polar surface area (TPSA) is 91.4 Å². The molecular formula is C33H23N5O3S. The summed E-state index contributed by atoms with van der Waals surface area (Å²) in [6.07, 6.45) is 3.96. The third-order valence-electron chi connectivity index (χ3n) is 7.05. The first-order valence-electron chi connectivity index (χ1n) is 13.3. The van der Waals surface area contributed by atoms with E-state index in [0.29, 0.717) is 4.53 Å². The summed E-state index contributed by atoms with van der Waals surface area (Å²) in [5.41, 5.74) is 3.60. The van der Waals surface area contributed by atoms with Crippen molar-refractivity contribution in [3.63, 3.8) is 0 Å². The van der Waals surface area contributed by atoms with Crippen LogP contribution >= 0.6 is 11.3 Å². The standard InChI is InChI=1S/C33H23N5O3S/c1-41-27-15-11-21(12-16-27)17-28-31(39)34-33-38(35-28)32(40)29(42-33)19-25-20-37(26-9-3-2-4-10-26)36-30(25)24-14-13-22-7-5-6-8-23(22)18-24/h2-16,18-20H,17H2,1H3. The van der Waals surface area contributed by atoms with Crippen LogP contribution in [0.5, 0.6) is 5.75 Å². The maximum Gasteiger partial charge on any atom is 0.296 e. The average molecular weight is 570 g/mol. The number of benzene rings is 4. The highest BCUT2D eigenvalue weighted by Gasteiger charge is 2.15. The van der Waals surface area contributed by atoms with Gasteiger partial charge in [0.2, 0.25) is 4.96 Å². The third kappa shape index (κ3) is 4.76. The molecule has 3 aromatic heterocycles. The number of ether oxygens (including phenoxy) is 1.